The SMILES string of the molecule is COC(=O)C1CC(Oc2nc3cc(Br)c(C=O)cc3c(-c3ccc(F)cc3)c2C(C)C)C1. The molecule has 0 N–H and O–H groups in total. The summed E-state index contributed by atoms with van der Waals surface area (Å²) in [6.07, 6.45) is 1.80. The second-order valence-electron chi connectivity index (χ2n) is 8.31. The zero-order valence-electron chi connectivity index (χ0n) is 18.0. The summed E-state index contributed by atoms with van der Waals surface area (Å²) < 4.78 is 25.4. The maximum atomic E-state index is 13.7. The first-order chi connectivity index (χ1) is 15.3. The summed E-state index contributed by atoms with van der Waals surface area (Å²) in [6, 6.07) is 9.86. The van der Waals surface area contributed by atoms with E-state index in [0.717, 1.165) is 28.4 Å². The molecule has 32 heavy (non-hydrogen) atoms. The van der Waals surface area contributed by atoms with Gasteiger partial charge in [0.15, 0.2) is 6.29 Å². The fourth-order valence-corrected chi connectivity index (χ4v) is 4.54. The molecule has 1 saturated carbocycles. The van der Waals surface area contributed by atoms with Gasteiger partial charge in [-0.25, -0.2) is 9.37 Å². The molecule has 0 aliphatic heterocycles. The smallest absolute Gasteiger partial charge is 0.308 e. The Kier molecular flexibility index (Phi) is 6.29. The molecule has 166 valence electrons. The lowest BCUT2D eigenvalue weighted by Crippen LogP contribution is -2.39. The van der Waals surface area contributed by atoms with Crippen LogP contribution in [-0.2, 0) is 9.53 Å². The van der Waals surface area contributed by atoms with E-state index in [1.165, 1.54) is 19.2 Å². The number of hydrogen-bond donors (Lipinski definition) is 0. The van der Waals surface area contributed by atoms with Crippen molar-refractivity contribution in [3.8, 4) is 17.0 Å². The summed E-state index contributed by atoms with van der Waals surface area (Å²) in [5, 5.41) is 0.791. The van der Waals surface area contributed by atoms with E-state index in [9.17, 15) is 14.0 Å². The van der Waals surface area contributed by atoms with Gasteiger partial charge in [-0.05, 0) is 70.1 Å². The molecule has 3 aromatic rings. The Morgan fingerprint density at radius 2 is 1.91 bits per heavy atom. The largest absolute Gasteiger partial charge is 0.474 e. The number of carbonyl (C=O) groups excluding carboxylic acids is 2. The van der Waals surface area contributed by atoms with E-state index < -0.39 is 0 Å². The van der Waals surface area contributed by atoms with Gasteiger partial charge in [0.2, 0.25) is 5.88 Å². The van der Waals surface area contributed by atoms with Crippen LogP contribution in [0.25, 0.3) is 22.0 Å². The van der Waals surface area contributed by atoms with Crippen molar-refractivity contribution in [1.29, 1.82) is 0 Å². The van der Waals surface area contributed by atoms with Crippen LogP contribution in [0, 0.1) is 11.7 Å². The third-order valence-corrected chi connectivity index (χ3v) is 6.54. The highest BCUT2D eigenvalue weighted by molar-refractivity contribution is 9.10. The van der Waals surface area contributed by atoms with Gasteiger partial charge in [0.25, 0.3) is 0 Å². The van der Waals surface area contributed by atoms with Gasteiger partial charge >= 0.3 is 5.97 Å². The monoisotopic (exact) mass is 499 g/mol. The van der Waals surface area contributed by atoms with Gasteiger partial charge in [-0.3, -0.25) is 9.59 Å². The van der Waals surface area contributed by atoms with Crippen molar-refractivity contribution in [1.82, 2.24) is 4.98 Å². The fourth-order valence-electron chi connectivity index (χ4n) is 4.12. The molecule has 0 saturated heterocycles. The molecule has 1 aromatic heterocycles. The van der Waals surface area contributed by atoms with Crippen LogP contribution in [0.1, 0.15) is 48.5 Å². The third-order valence-electron chi connectivity index (χ3n) is 5.85. The second-order valence-corrected chi connectivity index (χ2v) is 9.16. The minimum absolute atomic E-state index is 0.0433. The highest BCUT2D eigenvalue weighted by Crippen LogP contribution is 2.43. The average Bonchev–Trinajstić information content (AvgIpc) is 2.74. The number of pyridine rings is 1. The van der Waals surface area contributed by atoms with Crippen LogP contribution in [0.4, 0.5) is 4.39 Å². The molecule has 0 atom stereocenters. The molecule has 0 unspecified atom stereocenters. The fraction of sp³-hybridized carbons (Fsp3) is 0.320. The number of ether oxygens (including phenoxy) is 2. The summed E-state index contributed by atoms with van der Waals surface area (Å²) in [5.74, 6) is -0.173. The molecular formula is C25H23BrFNO4. The lowest BCUT2D eigenvalue weighted by atomic mass is 9.82. The van der Waals surface area contributed by atoms with Gasteiger partial charge in [0.05, 0.1) is 18.5 Å². The van der Waals surface area contributed by atoms with Gasteiger partial charge in [-0.1, -0.05) is 26.0 Å². The summed E-state index contributed by atoms with van der Waals surface area (Å²) >= 11 is 3.43. The van der Waals surface area contributed by atoms with Crippen molar-refractivity contribution in [2.75, 3.05) is 7.11 Å². The van der Waals surface area contributed by atoms with Crippen LogP contribution in [0.5, 0.6) is 5.88 Å². The minimum Gasteiger partial charge on any atom is -0.474 e. The van der Waals surface area contributed by atoms with Crippen LogP contribution in [-0.4, -0.2) is 30.5 Å². The van der Waals surface area contributed by atoms with E-state index in [1.807, 2.05) is 13.8 Å². The number of fused-ring (bicyclic) bond motifs is 1. The van der Waals surface area contributed by atoms with Crippen molar-refractivity contribution in [2.24, 2.45) is 5.92 Å². The molecular weight excluding hydrogens is 477 g/mol. The van der Waals surface area contributed by atoms with Crippen LogP contribution in [0.15, 0.2) is 40.9 Å². The maximum absolute atomic E-state index is 13.7. The summed E-state index contributed by atoms with van der Waals surface area (Å²) in [6.45, 7) is 4.08. The number of esters is 1. The first kappa shape index (κ1) is 22.4. The molecule has 0 radical (unpaired) electrons. The zero-order valence-corrected chi connectivity index (χ0v) is 19.6. The van der Waals surface area contributed by atoms with Gasteiger partial charge in [-0.15, -0.1) is 0 Å². The van der Waals surface area contributed by atoms with Crippen molar-refractivity contribution < 1.29 is 23.5 Å². The first-order valence-corrected chi connectivity index (χ1v) is 11.2. The first-order valence-electron chi connectivity index (χ1n) is 10.4. The molecule has 0 amide bonds. The molecule has 0 spiro atoms. The van der Waals surface area contributed by atoms with Crippen LogP contribution in [0.3, 0.4) is 0 Å². The summed E-state index contributed by atoms with van der Waals surface area (Å²) in [4.78, 5) is 28.1. The van der Waals surface area contributed by atoms with Crippen molar-refractivity contribution in [2.45, 2.75) is 38.7 Å². The van der Waals surface area contributed by atoms with E-state index in [-0.39, 0.29) is 29.7 Å². The predicted octanol–water partition coefficient (Wildman–Crippen LogP) is 6.07. The second kappa shape index (κ2) is 8.98. The van der Waals surface area contributed by atoms with Crippen molar-refractivity contribution in [3.05, 3.63) is 57.8 Å². The topological polar surface area (TPSA) is 65.5 Å². The molecule has 1 heterocycles. The van der Waals surface area contributed by atoms with E-state index in [1.54, 1.807) is 24.3 Å². The highest BCUT2D eigenvalue weighted by atomic mass is 79.9. The van der Waals surface area contributed by atoms with E-state index >= 15 is 0 Å². The maximum Gasteiger partial charge on any atom is 0.308 e. The molecule has 0 bridgehead atoms. The number of methoxy groups -OCH3 is 1. The average molecular weight is 500 g/mol. The van der Waals surface area contributed by atoms with E-state index in [0.29, 0.717) is 34.3 Å². The van der Waals surface area contributed by atoms with Gasteiger partial charge < -0.3 is 9.47 Å². The normalized spacial score (nSPS) is 17.8. The number of rotatable bonds is 6. The Hall–Kier alpha value is -2.80. The number of nitrogens with zero attached hydrogens (tertiary/aromatic N) is 1. The lowest BCUT2D eigenvalue weighted by molar-refractivity contribution is -0.151. The molecule has 7 heteroatoms. The standard InChI is InChI=1S/C25H23BrFNO4/c1-13(2)22-23(14-4-6-17(27)7-5-14)19-10-16(12-29)20(26)11-21(19)28-24(22)32-18-8-15(9-18)25(30)31-3/h4-7,10-13,15,18H,8-9H2,1-3H3. The number of aromatic nitrogens is 1. The Bertz CT molecular complexity index is 1190. The van der Waals surface area contributed by atoms with E-state index in [2.05, 4.69) is 15.9 Å². The van der Waals surface area contributed by atoms with Gasteiger partial charge in [0, 0.05) is 21.0 Å². The van der Waals surface area contributed by atoms with Crippen LogP contribution in [0.2, 0.25) is 0 Å². The number of halogens is 2. The number of carbonyl (C=O) groups is 2. The van der Waals surface area contributed by atoms with Crippen molar-refractivity contribution in [3.63, 3.8) is 0 Å². The van der Waals surface area contributed by atoms with Crippen molar-refractivity contribution >= 4 is 39.1 Å². The highest BCUT2D eigenvalue weighted by Gasteiger charge is 2.38. The Balaban J connectivity index is 1.88. The Morgan fingerprint density at radius 1 is 1.22 bits per heavy atom. The zero-order chi connectivity index (χ0) is 23.0. The molecule has 4 rings (SSSR count). The summed E-state index contributed by atoms with van der Waals surface area (Å²) in [7, 11) is 1.39. The van der Waals surface area contributed by atoms with Crippen LogP contribution >= 0.6 is 15.9 Å². The summed E-state index contributed by atoms with van der Waals surface area (Å²) in [5.41, 5.74) is 3.72. The lowest BCUT2D eigenvalue weighted by Gasteiger charge is -2.34. The third kappa shape index (κ3) is 4.13. The predicted molar refractivity (Wildman–Crippen MR) is 123 cm³/mol. The Labute approximate surface area is 194 Å². The molecule has 1 fully saturated rings. The molecule has 5 nitrogen and oxygen atoms in total. The number of hydrogen-bond acceptors (Lipinski definition) is 5. The van der Waals surface area contributed by atoms with Gasteiger partial charge in [-0.2, -0.15) is 0 Å². The number of aldehydes is 1. The molecule has 1 aliphatic rings. The molecule has 1 aliphatic carbocycles. The number of benzene rings is 2. The molecule has 2 aromatic carbocycles. The van der Waals surface area contributed by atoms with Gasteiger partial charge in [0.1, 0.15) is 11.9 Å². The van der Waals surface area contributed by atoms with E-state index in [4.69, 9.17) is 14.5 Å². The quantitative estimate of drug-likeness (QED) is 0.304. The minimum atomic E-state index is -0.325. The Morgan fingerprint density at radius 3 is 2.50 bits per heavy atom. The van der Waals surface area contributed by atoms with Crippen LogP contribution < -0.4 is 4.74 Å².